The van der Waals surface area contributed by atoms with Gasteiger partial charge in [0.25, 0.3) is 0 Å². The molecule has 1 fully saturated rings. The predicted molar refractivity (Wildman–Crippen MR) is 63.6 cm³/mol. The van der Waals surface area contributed by atoms with E-state index in [9.17, 15) is 4.79 Å². The van der Waals surface area contributed by atoms with Crippen LogP contribution < -0.4 is 5.32 Å². The second-order valence-electron chi connectivity index (χ2n) is 4.68. The number of likely N-dealkylation sites (N-methyl/N-ethyl adjacent to an activating group) is 3. The molecular formula is C11H23N3O2. The Labute approximate surface area is 97.4 Å². The highest BCUT2D eigenvalue weighted by molar-refractivity contribution is 5.73. The van der Waals surface area contributed by atoms with Crippen molar-refractivity contribution in [2.75, 3.05) is 40.8 Å². The van der Waals surface area contributed by atoms with Crippen molar-refractivity contribution in [3.8, 4) is 0 Å². The van der Waals surface area contributed by atoms with Gasteiger partial charge in [-0.05, 0) is 40.5 Å². The highest BCUT2D eigenvalue weighted by Crippen LogP contribution is 2.15. The largest absolute Gasteiger partial charge is 0.480 e. The second-order valence-corrected chi connectivity index (χ2v) is 4.68. The molecular weight excluding hydrogens is 206 g/mol. The molecule has 0 aliphatic carbocycles. The first kappa shape index (κ1) is 13.4. The predicted octanol–water partition coefficient (Wildman–Crippen LogP) is -0.315. The summed E-state index contributed by atoms with van der Waals surface area (Å²) >= 11 is 0. The van der Waals surface area contributed by atoms with E-state index in [0.717, 1.165) is 13.1 Å². The van der Waals surface area contributed by atoms with Crippen molar-refractivity contribution in [2.24, 2.45) is 0 Å². The first-order valence-corrected chi connectivity index (χ1v) is 5.83. The van der Waals surface area contributed by atoms with Crippen LogP contribution in [0.5, 0.6) is 0 Å². The van der Waals surface area contributed by atoms with Crippen LogP contribution in [0.3, 0.4) is 0 Å². The van der Waals surface area contributed by atoms with Gasteiger partial charge in [-0.2, -0.15) is 0 Å². The minimum atomic E-state index is -0.783. The maximum absolute atomic E-state index is 10.9. The first-order chi connectivity index (χ1) is 7.54. The highest BCUT2D eigenvalue weighted by atomic mass is 16.4. The SMILES string of the molecule is CNC(CN(C)CC1CCCN1C)C(=O)O. The number of likely N-dealkylation sites (tertiary alicyclic amines) is 1. The number of carboxylic acid groups (broad SMARTS) is 1. The molecule has 0 amide bonds. The quantitative estimate of drug-likeness (QED) is 0.654. The summed E-state index contributed by atoms with van der Waals surface area (Å²) in [5.41, 5.74) is 0. The molecule has 0 aromatic heterocycles. The van der Waals surface area contributed by atoms with Crippen molar-refractivity contribution in [1.82, 2.24) is 15.1 Å². The smallest absolute Gasteiger partial charge is 0.322 e. The Morgan fingerprint density at radius 2 is 2.38 bits per heavy atom. The molecule has 5 nitrogen and oxygen atoms in total. The van der Waals surface area contributed by atoms with Crippen LogP contribution in [0.15, 0.2) is 0 Å². The zero-order chi connectivity index (χ0) is 12.1. The molecule has 1 aliphatic rings. The number of carbonyl (C=O) groups is 1. The van der Waals surface area contributed by atoms with Crippen LogP contribution in [0.1, 0.15) is 12.8 Å². The summed E-state index contributed by atoms with van der Waals surface area (Å²) in [6.45, 7) is 2.66. The maximum Gasteiger partial charge on any atom is 0.322 e. The fourth-order valence-corrected chi connectivity index (χ4v) is 2.25. The summed E-state index contributed by atoms with van der Waals surface area (Å²) in [6, 6.07) is 0.105. The molecule has 1 heterocycles. The lowest BCUT2D eigenvalue weighted by Gasteiger charge is -2.27. The van der Waals surface area contributed by atoms with E-state index >= 15 is 0 Å². The molecule has 0 bridgehead atoms. The Morgan fingerprint density at radius 3 is 2.81 bits per heavy atom. The summed E-state index contributed by atoms with van der Waals surface area (Å²) in [5.74, 6) is -0.783. The van der Waals surface area contributed by atoms with E-state index in [-0.39, 0.29) is 0 Å². The summed E-state index contributed by atoms with van der Waals surface area (Å²) in [4.78, 5) is 15.3. The molecule has 0 aromatic rings. The molecule has 0 aromatic carbocycles. The Hall–Kier alpha value is -0.650. The number of carboxylic acids is 1. The van der Waals surface area contributed by atoms with Gasteiger partial charge in [-0.25, -0.2) is 0 Å². The summed E-state index contributed by atoms with van der Waals surface area (Å²) in [7, 11) is 5.81. The van der Waals surface area contributed by atoms with Crippen LogP contribution in [-0.4, -0.2) is 73.7 Å². The van der Waals surface area contributed by atoms with Gasteiger partial charge in [-0.15, -0.1) is 0 Å². The van der Waals surface area contributed by atoms with Crippen LogP contribution in [0, 0.1) is 0 Å². The number of aliphatic carboxylic acids is 1. The molecule has 2 N–H and O–H groups in total. The number of rotatable bonds is 6. The van der Waals surface area contributed by atoms with Gasteiger partial charge >= 0.3 is 5.97 Å². The zero-order valence-electron chi connectivity index (χ0n) is 10.4. The maximum atomic E-state index is 10.9. The molecule has 5 heteroatoms. The van der Waals surface area contributed by atoms with Crippen LogP contribution in [0.4, 0.5) is 0 Å². The van der Waals surface area contributed by atoms with Crippen LogP contribution in [0.25, 0.3) is 0 Å². The van der Waals surface area contributed by atoms with Gasteiger partial charge in [-0.3, -0.25) is 4.79 Å². The highest BCUT2D eigenvalue weighted by Gasteiger charge is 2.24. The fourth-order valence-electron chi connectivity index (χ4n) is 2.25. The third kappa shape index (κ3) is 3.73. The minimum absolute atomic E-state index is 0.475. The van der Waals surface area contributed by atoms with Gasteiger partial charge in [0.2, 0.25) is 0 Å². The first-order valence-electron chi connectivity index (χ1n) is 5.83. The molecule has 2 unspecified atom stereocenters. The summed E-state index contributed by atoms with van der Waals surface area (Å²) in [5, 5.41) is 11.7. The van der Waals surface area contributed by atoms with Crippen molar-refractivity contribution in [1.29, 1.82) is 0 Å². The lowest BCUT2D eigenvalue weighted by Crippen LogP contribution is -2.46. The molecule has 1 aliphatic heterocycles. The van der Waals surface area contributed by atoms with Gasteiger partial charge in [0.1, 0.15) is 6.04 Å². The van der Waals surface area contributed by atoms with E-state index in [1.807, 2.05) is 7.05 Å². The van der Waals surface area contributed by atoms with E-state index in [0.29, 0.717) is 12.6 Å². The Kier molecular flexibility index (Phi) is 5.18. The number of nitrogens with one attached hydrogen (secondary N) is 1. The van der Waals surface area contributed by atoms with Crippen LogP contribution >= 0.6 is 0 Å². The molecule has 2 atom stereocenters. The van der Waals surface area contributed by atoms with Crippen molar-refractivity contribution in [3.05, 3.63) is 0 Å². The van der Waals surface area contributed by atoms with Crippen LogP contribution in [0.2, 0.25) is 0 Å². The third-order valence-electron chi connectivity index (χ3n) is 3.33. The zero-order valence-corrected chi connectivity index (χ0v) is 10.4. The standard InChI is InChI=1S/C11H23N3O2/c1-12-10(11(15)16)8-13(2)7-9-5-4-6-14(9)3/h9-10,12H,4-8H2,1-3H3,(H,15,16). The second kappa shape index (κ2) is 6.18. The van der Waals surface area contributed by atoms with Crippen molar-refractivity contribution >= 4 is 5.97 Å². The summed E-state index contributed by atoms with van der Waals surface area (Å²) < 4.78 is 0. The topological polar surface area (TPSA) is 55.8 Å². The Bertz CT molecular complexity index is 235. The van der Waals surface area contributed by atoms with Gasteiger partial charge in [-0.1, -0.05) is 0 Å². The Morgan fingerprint density at radius 1 is 1.69 bits per heavy atom. The van der Waals surface area contributed by atoms with Gasteiger partial charge in [0.15, 0.2) is 0 Å². The number of nitrogens with zero attached hydrogens (tertiary/aromatic N) is 2. The average Bonchev–Trinajstić information content (AvgIpc) is 2.60. The normalized spacial score (nSPS) is 23.9. The van der Waals surface area contributed by atoms with Gasteiger partial charge in [0.05, 0.1) is 0 Å². The number of hydrogen-bond acceptors (Lipinski definition) is 4. The molecule has 1 rings (SSSR count). The molecule has 0 spiro atoms. The lowest BCUT2D eigenvalue weighted by molar-refractivity contribution is -0.139. The molecule has 1 saturated heterocycles. The van der Waals surface area contributed by atoms with E-state index in [1.165, 1.54) is 12.8 Å². The van der Waals surface area contributed by atoms with E-state index in [4.69, 9.17) is 5.11 Å². The van der Waals surface area contributed by atoms with Gasteiger partial charge < -0.3 is 20.2 Å². The lowest BCUT2D eigenvalue weighted by atomic mass is 10.2. The van der Waals surface area contributed by atoms with E-state index in [1.54, 1.807) is 7.05 Å². The Balaban J connectivity index is 2.34. The fraction of sp³-hybridized carbons (Fsp3) is 0.909. The molecule has 16 heavy (non-hydrogen) atoms. The molecule has 0 saturated carbocycles. The van der Waals surface area contributed by atoms with Gasteiger partial charge in [0, 0.05) is 19.1 Å². The van der Waals surface area contributed by atoms with Crippen LogP contribution in [-0.2, 0) is 4.79 Å². The third-order valence-corrected chi connectivity index (χ3v) is 3.33. The average molecular weight is 229 g/mol. The summed E-state index contributed by atoms with van der Waals surface area (Å²) in [6.07, 6.45) is 2.47. The van der Waals surface area contributed by atoms with E-state index in [2.05, 4.69) is 22.2 Å². The molecule has 0 radical (unpaired) electrons. The van der Waals surface area contributed by atoms with Crippen molar-refractivity contribution in [2.45, 2.75) is 24.9 Å². The van der Waals surface area contributed by atoms with Crippen molar-refractivity contribution in [3.63, 3.8) is 0 Å². The van der Waals surface area contributed by atoms with E-state index < -0.39 is 12.0 Å². The minimum Gasteiger partial charge on any atom is -0.480 e. The van der Waals surface area contributed by atoms with Crippen molar-refractivity contribution < 1.29 is 9.90 Å². The monoisotopic (exact) mass is 229 g/mol. The number of hydrogen-bond donors (Lipinski definition) is 2. The molecule has 94 valence electrons.